The van der Waals surface area contributed by atoms with E-state index in [1.807, 2.05) is 33.3 Å². The Balaban J connectivity index is 2.44. The first-order valence-corrected chi connectivity index (χ1v) is 25.4. The number of hydrogen-bond acceptors (Lipinski definition) is 10. The van der Waals surface area contributed by atoms with Gasteiger partial charge in [-0.15, -0.1) is 0 Å². The fraction of sp³-hybridized carbons (Fsp3) is 0.720. The average Bonchev–Trinajstić information content (AvgIpc) is 3.49. The molecule has 1 aromatic rings. The number of likely N-dealkylation sites (N-methyl/N-ethyl adjacent to an activating group) is 1. The highest BCUT2D eigenvalue weighted by Gasteiger charge is 2.27. The summed E-state index contributed by atoms with van der Waals surface area (Å²) in [6, 6.07) is 0. The Morgan fingerprint density at radius 1 is 0.667 bits per heavy atom. The lowest BCUT2D eigenvalue weighted by Gasteiger charge is -2.24. The molecule has 0 radical (unpaired) electrons. The number of carbonyl (C=O) groups excluding carboxylic acids is 2. The number of aliphatic hydroxyl groups excluding tert-OH is 2. The monoisotopic (exact) mass is 909 g/mol. The van der Waals surface area contributed by atoms with E-state index in [4.69, 9.17) is 22.9 Å². The number of phosphoric acid groups is 1. The van der Waals surface area contributed by atoms with E-state index >= 15 is 0 Å². The van der Waals surface area contributed by atoms with Crippen LogP contribution in [0.5, 0.6) is 0 Å². The van der Waals surface area contributed by atoms with Crippen LogP contribution in [0.15, 0.2) is 53.0 Å². The predicted molar refractivity (Wildman–Crippen MR) is 253 cm³/mol. The smallest absolute Gasteiger partial charge is 0.466 e. The standard InChI is InChI=1S/C50H86NO11P/c1-8-10-12-13-14-15-16-17-18-21-24-28-32-45(52)46(53)33-31-37-50(55)61-44(41-60-63(56,57)59-39-38-51(5,6)7)40-58-49(54)36-30-26-23-20-19-22-25-29-35-48-43(4)42(3)47(62-48)34-27-11-9-2/h10,12,14-15,17-18,24,28,44-46,52-53H,8-9,11,13,16,19-23,25-27,29-41H2,1-7H3/p+1/b12-10-,15-14-,18-17-,28-24-/t44-,45-,46-/m1/s1. The Bertz CT molecular complexity index is 1530. The van der Waals surface area contributed by atoms with E-state index in [2.05, 4.69) is 64.2 Å². The molecular formula is C50H87NO11P+. The van der Waals surface area contributed by atoms with E-state index in [-0.39, 0.29) is 45.3 Å². The van der Waals surface area contributed by atoms with Crippen LogP contribution in [0.3, 0.4) is 0 Å². The number of aryl methyl sites for hydroxylation is 2. The zero-order valence-electron chi connectivity index (χ0n) is 40.2. The van der Waals surface area contributed by atoms with Crippen molar-refractivity contribution < 1.29 is 56.7 Å². The van der Waals surface area contributed by atoms with Gasteiger partial charge in [-0.3, -0.25) is 18.6 Å². The molecule has 0 fully saturated rings. The molecule has 0 aliphatic rings. The number of unbranched alkanes of at least 4 members (excludes halogenated alkanes) is 9. The number of ether oxygens (including phenoxy) is 2. The molecule has 1 aromatic heterocycles. The Morgan fingerprint density at radius 2 is 1.19 bits per heavy atom. The zero-order chi connectivity index (χ0) is 46.8. The number of furan rings is 1. The second kappa shape index (κ2) is 35.4. The summed E-state index contributed by atoms with van der Waals surface area (Å²) in [5.74, 6) is 1.20. The minimum atomic E-state index is -4.47. The molecule has 0 saturated carbocycles. The summed E-state index contributed by atoms with van der Waals surface area (Å²) < 4.78 is 40.4. The van der Waals surface area contributed by atoms with Crippen LogP contribution >= 0.6 is 7.82 Å². The summed E-state index contributed by atoms with van der Waals surface area (Å²) in [5.41, 5.74) is 2.63. The Kier molecular flexibility index (Phi) is 32.7. The van der Waals surface area contributed by atoms with Crippen molar-refractivity contribution in [3.05, 3.63) is 71.3 Å². The lowest BCUT2D eigenvalue weighted by molar-refractivity contribution is -0.870. The van der Waals surface area contributed by atoms with Crippen molar-refractivity contribution >= 4 is 19.8 Å². The molecule has 12 nitrogen and oxygen atoms in total. The highest BCUT2D eigenvalue weighted by Crippen LogP contribution is 2.43. The summed E-state index contributed by atoms with van der Waals surface area (Å²) in [6.07, 6.45) is 31.6. The molecule has 13 heteroatoms. The molecule has 0 bridgehead atoms. The Hall–Kier alpha value is -2.83. The van der Waals surface area contributed by atoms with Crippen LogP contribution in [0.1, 0.15) is 165 Å². The fourth-order valence-electron chi connectivity index (χ4n) is 6.63. The van der Waals surface area contributed by atoms with Gasteiger partial charge < -0.3 is 33.5 Å². The normalized spacial score (nSPS) is 14.9. The van der Waals surface area contributed by atoms with Gasteiger partial charge in [-0.25, -0.2) is 4.57 Å². The molecule has 1 heterocycles. The molecule has 0 spiro atoms. The van der Waals surface area contributed by atoms with Crippen molar-refractivity contribution in [2.45, 2.75) is 187 Å². The molecular weight excluding hydrogens is 822 g/mol. The van der Waals surface area contributed by atoms with Gasteiger partial charge in [-0.2, -0.15) is 0 Å². The molecule has 0 saturated heterocycles. The topological polar surface area (TPSA) is 162 Å². The molecule has 0 aliphatic carbocycles. The summed E-state index contributed by atoms with van der Waals surface area (Å²) >= 11 is 0. The van der Waals surface area contributed by atoms with Crippen molar-refractivity contribution in [2.75, 3.05) is 47.5 Å². The molecule has 1 rings (SSSR count). The van der Waals surface area contributed by atoms with E-state index < -0.39 is 44.7 Å². The molecule has 362 valence electrons. The van der Waals surface area contributed by atoms with E-state index in [1.165, 1.54) is 43.2 Å². The van der Waals surface area contributed by atoms with Gasteiger partial charge in [0.15, 0.2) is 6.10 Å². The molecule has 63 heavy (non-hydrogen) atoms. The van der Waals surface area contributed by atoms with Crippen molar-refractivity contribution in [3.8, 4) is 0 Å². The number of nitrogens with zero attached hydrogens (tertiary/aromatic N) is 1. The molecule has 3 N–H and O–H groups in total. The van der Waals surface area contributed by atoms with Crippen LogP contribution in [0.25, 0.3) is 0 Å². The molecule has 0 amide bonds. The fourth-order valence-corrected chi connectivity index (χ4v) is 7.37. The van der Waals surface area contributed by atoms with E-state index in [0.717, 1.165) is 82.1 Å². The Morgan fingerprint density at radius 3 is 1.76 bits per heavy atom. The summed E-state index contributed by atoms with van der Waals surface area (Å²) in [7, 11) is 1.27. The van der Waals surface area contributed by atoms with Crippen molar-refractivity contribution in [1.82, 2.24) is 0 Å². The van der Waals surface area contributed by atoms with Crippen molar-refractivity contribution in [1.29, 1.82) is 0 Å². The number of quaternary nitrogens is 1. The SMILES string of the molecule is CC/C=C\C/C=C\C/C=C\C/C=C\C[C@@H](O)[C@H](O)CCCC(=O)O[C@H](COC(=O)CCCCCCCCCCc1oc(CCCCC)c(C)c1C)COP(=O)(O)OCC[N+](C)(C)C. The Labute approximate surface area is 381 Å². The van der Waals surface area contributed by atoms with Gasteiger partial charge in [-0.1, -0.05) is 114 Å². The number of rotatable bonds is 39. The van der Waals surface area contributed by atoms with Gasteiger partial charge in [0.25, 0.3) is 0 Å². The maximum Gasteiger partial charge on any atom is 0.472 e. The maximum atomic E-state index is 12.8. The van der Waals surface area contributed by atoms with E-state index in [1.54, 1.807) is 0 Å². The molecule has 0 aromatic carbocycles. The third kappa shape index (κ3) is 31.6. The third-order valence-corrected chi connectivity index (χ3v) is 11.8. The molecule has 1 unspecified atom stereocenters. The minimum Gasteiger partial charge on any atom is -0.466 e. The number of phosphoric ester groups is 1. The second-order valence-corrected chi connectivity index (χ2v) is 19.1. The number of esters is 2. The second-order valence-electron chi connectivity index (χ2n) is 17.7. The number of carbonyl (C=O) groups is 2. The van der Waals surface area contributed by atoms with E-state index in [9.17, 15) is 29.3 Å². The van der Waals surface area contributed by atoms with Gasteiger partial charge in [0, 0.05) is 25.7 Å². The lowest BCUT2D eigenvalue weighted by Crippen LogP contribution is -2.37. The average molecular weight is 909 g/mol. The first-order valence-electron chi connectivity index (χ1n) is 23.9. The minimum absolute atomic E-state index is 0.0293. The predicted octanol–water partition coefficient (Wildman–Crippen LogP) is 11.1. The molecule has 4 atom stereocenters. The van der Waals surface area contributed by atoms with Gasteiger partial charge in [0.1, 0.15) is 31.3 Å². The van der Waals surface area contributed by atoms with Crippen LogP contribution in [0.4, 0.5) is 0 Å². The van der Waals surface area contributed by atoms with Gasteiger partial charge in [-0.05, 0) is 89.2 Å². The van der Waals surface area contributed by atoms with Crippen molar-refractivity contribution in [3.63, 3.8) is 0 Å². The van der Waals surface area contributed by atoms with Crippen LogP contribution in [0, 0.1) is 13.8 Å². The van der Waals surface area contributed by atoms with Gasteiger partial charge >= 0.3 is 19.8 Å². The highest BCUT2D eigenvalue weighted by atomic mass is 31.2. The van der Waals surface area contributed by atoms with Crippen LogP contribution in [-0.2, 0) is 45.5 Å². The van der Waals surface area contributed by atoms with Crippen LogP contribution in [-0.4, -0.2) is 97.3 Å². The van der Waals surface area contributed by atoms with Crippen LogP contribution in [0.2, 0.25) is 0 Å². The number of hydrogen-bond donors (Lipinski definition) is 3. The quantitative estimate of drug-likeness (QED) is 0.0189. The maximum absolute atomic E-state index is 12.8. The first-order chi connectivity index (χ1) is 30.1. The summed E-state index contributed by atoms with van der Waals surface area (Å²) in [6.45, 7) is 8.25. The number of allylic oxidation sites excluding steroid dienone is 7. The van der Waals surface area contributed by atoms with Crippen molar-refractivity contribution in [2.24, 2.45) is 0 Å². The molecule has 0 aliphatic heterocycles. The van der Waals surface area contributed by atoms with E-state index in [0.29, 0.717) is 17.4 Å². The highest BCUT2D eigenvalue weighted by molar-refractivity contribution is 7.47. The summed E-state index contributed by atoms with van der Waals surface area (Å²) in [4.78, 5) is 35.6. The summed E-state index contributed by atoms with van der Waals surface area (Å²) in [5, 5.41) is 20.8. The lowest BCUT2D eigenvalue weighted by atomic mass is 10.0. The third-order valence-electron chi connectivity index (χ3n) is 10.8. The largest absolute Gasteiger partial charge is 0.472 e. The van der Waals surface area contributed by atoms with Gasteiger partial charge in [0.2, 0.25) is 0 Å². The van der Waals surface area contributed by atoms with Gasteiger partial charge in [0.05, 0.1) is 40.0 Å². The van der Waals surface area contributed by atoms with Crippen LogP contribution < -0.4 is 0 Å². The number of aliphatic hydroxyl groups is 2. The first kappa shape index (κ1) is 58.2. The zero-order valence-corrected chi connectivity index (χ0v) is 41.1.